The molecule has 0 saturated carbocycles. The van der Waals surface area contributed by atoms with Gasteiger partial charge in [0, 0.05) is 17.4 Å². The summed E-state index contributed by atoms with van der Waals surface area (Å²) in [6.07, 6.45) is 1.30. The fourth-order valence-corrected chi connectivity index (χ4v) is 2.17. The molecule has 2 rings (SSSR count). The van der Waals surface area contributed by atoms with Crippen molar-refractivity contribution >= 4 is 17.1 Å². The SMILES string of the molecule is O=C(CCCOc1ccccc1)c1ccsc1. The highest BCUT2D eigenvalue weighted by molar-refractivity contribution is 7.08. The smallest absolute Gasteiger partial charge is 0.163 e. The molecule has 0 radical (unpaired) electrons. The Morgan fingerprint density at radius 2 is 2.00 bits per heavy atom. The largest absolute Gasteiger partial charge is 0.494 e. The van der Waals surface area contributed by atoms with E-state index in [0.717, 1.165) is 17.7 Å². The second-order valence-corrected chi connectivity index (χ2v) is 4.48. The van der Waals surface area contributed by atoms with E-state index in [1.807, 2.05) is 47.2 Å². The minimum absolute atomic E-state index is 0.197. The average Bonchev–Trinajstić information content (AvgIpc) is 2.89. The Morgan fingerprint density at radius 1 is 1.18 bits per heavy atom. The molecule has 0 amide bonds. The second-order valence-electron chi connectivity index (χ2n) is 3.70. The van der Waals surface area contributed by atoms with Crippen molar-refractivity contribution in [2.45, 2.75) is 12.8 Å². The molecule has 0 bridgehead atoms. The lowest BCUT2D eigenvalue weighted by atomic mass is 10.1. The molecule has 0 N–H and O–H groups in total. The number of benzene rings is 1. The van der Waals surface area contributed by atoms with Gasteiger partial charge in [-0.2, -0.15) is 11.3 Å². The van der Waals surface area contributed by atoms with Crippen LogP contribution in [-0.2, 0) is 0 Å². The van der Waals surface area contributed by atoms with Crippen LogP contribution >= 0.6 is 11.3 Å². The number of hydrogen-bond acceptors (Lipinski definition) is 3. The molecule has 0 aliphatic carbocycles. The number of thiophene rings is 1. The van der Waals surface area contributed by atoms with E-state index in [-0.39, 0.29) is 5.78 Å². The molecule has 2 aromatic rings. The maximum atomic E-state index is 11.7. The number of para-hydroxylation sites is 1. The van der Waals surface area contributed by atoms with Gasteiger partial charge in [0.1, 0.15) is 5.75 Å². The molecule has 0 unspecified atom stereocenters. The van der Waals surface area contributed by atoms with E-state index in [4.69, 9.17) is 4.74 Å². The summed E-state index contributed by atoms with van der Waals surface area (Å²) in [6.45, 7) is 0.583. The highest BCUT2D eigenvalue weighted by Gasteiger charge is 2.05. The van der Waals surface area contributed by atoms with Crippen molar-refractivity contribution in [3.05, 3.63) is 52.7 Å². The highest BCUT2D eigenvalue weighted by Crippen LogP contribution is 2.12. The van der Waals surface area contributed by atoms with Gasteiger partial charge in [-0.3, -0.25) is 4.79 Å². The molecule has 0 atom stereocenters. The Kier molecular flexibility index (Phi) is 4.33. The Bertz CT molecular complexity index is 448. The molecule has 0 aliphatic rings. The summed E-state index contributed by atoms with van der Waals surface area (Å²) in [7, 11) is 0. The summed E-state index contributed by atoms with van der Waals surface area (Å²) >= 11 is 1.55. The number of hydrogen-bond donors (Lipinski definition) is 0. The van der Waals surface area contributed by atoms with Crippen molar-refractivity contribution in [2.75, 3.05) is 6.61 Å². The Labute approximate surface area is 105 Å². The van der Waals surface area contributed by atoms with Crippen LogP contribution in [0.25, 0.3) is 0 Å². The van der Waals surface area contributed by atoms with Gasteiger partial charge in [-0.1, -0.05) is 18.2 Å². The van der Waals surface area contributed by atoms with Crippen LogP contribution in [0.1, 0.15) is 23.2 Å². The minimum atomic E-state index is 0.197. The maximum Gasteiger partial charge on any atom is 0.163 e. The molecular weight excluding hydrogens is 232 g/mol. The first-order valence-electron chi connectivity index (χ1n) is 5.59. The third-order valence-corrected chi connectivity index (χ3v) is 3.09. The third kappa shape index (κ3) is 3.71. The van der Waals surface area contributed by atoms with Crippen molar-refractivity contribution < 1.29 is 9.53 Å². The van der Waals surface area contributed by atoms with Gasteiger partial charge in [-0.05, 0) is 30.0 Å². The molecule has 3 heteroatoms. The van der Waals surface area contributed by atoms with E-state index in [1.54, 1.807) is 11.3 Å². The van der Waals surface area contributed by atoms with E-state index >= 15 is 0 Å². The summed E-state index contributed by atoms with van der Waals surface area (Å²) in [6, 6.07) is 11.5. The second kappa shape index (κ2) is 6.21. The molecule has 88 valence electrons. The number of ether oxygens (including phenoxy) is 1. The molecule has 1 aromatic carbocycles. The Hall–Kier alpha value is -1.61. The van der Waals surface area contributed by atoms with E-state index < -0.39 is 0 Å². The van der Waals surface area contributed by atoms with Crippen molar-refractivity contribution in [1.82, 2.24) is 0 Å². The lowest BCUT2D eigenvalue weighted by molar-refractivity contribution is 0.0974. The number of carbonyl (C=O) groups is 1. The first-order chi connectivity index (χ1) is 8.36. The predicted molar refractivity (Wildman–Crippen MR) is 69.8 cm³/mol. The fraction of sp³-hybridized carbons (Fsp3) is 0.214. The molecule has 1 aromatic heterocycles. The molecule has 17 heavy (non-hydrogen) atoms. The van der Waals surface area contributed by atoms with Crippen LogP contribution in [0.5, 0.6) is 5.75 Å². The number of Topliss-reactive ketones (excluding diaryl/α,β-unsaturated/α-hetero) is 1. The number of rotatable bonds is 6. The number of carbonyl (C=O) groups excluding carboxylic acids is 1. The summed E-state index contributed by atoms with van der Waals surface area (Å²) in [5.41, 5.74) is 0.815. The summed E-state index contributed by atoms with van der Waals surface area (Å²) in [5, 5.41) is 3.81. The van der Waals surface area contributed by atoms with Crippen molar-refractivity contribution in [3.8, 4) is 5.75 Å². The summed E-state index contributed by atoms with van der Waals surface area (Å²) in [4.78, 5) is 11.7. The maximum absolute atomic E-state index is 11.7. The molecule has 0 spiro atoms. The molecule has 1 heterocycles. The van der Waals surface area contributed by atoms with Crippen LogP contribution in [0, 0.1) is 0 Å². The molecule has 0 aliphatic heterocycles. The predicted octanol–water partition coefficient (Wildman–Crippen LogP) is 3.79. The van der Waals surface area contributed by atoms with Crippen LogP contribution in [0.3, 0.4) is 0 Å². The quantitative estimate of drug-likeness (QED) is 0.572. The van der Waals surface area contributed by atoms with Crippen LogP contribution in [0.2, 0.25) is 0 Å². The first-order valence-corrected chi connectivity index (χ1v) is 6.54. The van der Waals surface area contributed by atoms with Crippen LogP contribution in [-0.4, -0.2) is 12.4 Å². The third-order valence-electron chi connectivity index (χ3n) is 2.40. The normalized spacial score (nSPS) is 10.1. The molecule has 0 saturated heterocycles. The zero-order valence-corrected chi connectivity index (χ0v) is 10.3. The standard InChI is InChI=1S/C14H14O2S/c15-14(12-8-10-17-11-12)7-4-9-16-13-5-2-1-3-6-13/h1-3,5-6,8,10-11H,4,7,9H2. The van der Waals surface area contributed by atoms with Crippen LogP contribution in [0.4, 0.5) is 0 Å². The Morgan fingerprint density at radius 3 is 2.71 bits per heavy atom. The van der Waals surface area contributed by atoms with Gasteiger partial charge in [-0.15, -0.1) is 0 Å². The average molecular weight is 246 g/mol. The van der Waals surface area contributed by atoms with E-state index in [2.05, 4.69) is 0 Å². The molecule has 2 nitrogen and oxygen atoms in total. The highest BCUT2D eigenvalue weighted by atomic mass is 32.1. The first kappa shape index (κ1) is 11.9. The lowest BCUT2D eigenvalue weighted by Gasteiger charge is -2.04. The fourth-order valence-electron chi connectivity index (χ4n) is 1.51. The zero-order chi connectivity index (χ0) is 11.9. The van der Waals surface area contributed by atoms with Crippen LogP contribution in [0.15, 0.2) is 47.2 Å². The van der Waals surface area contributed by atoms with Gasteiger partial charge in [0.2, 0.25) is 0 Å². The van der Waals surface area contributed by atoms with Crippen molar-refractivity contribution in [3.63, 3.8) is 0 Å². The van der Waals surface area contributed by atoms with E-state index in [1.165, 1.54) is 0 Å². The van der Waals surface area contributed by atoms with Crippen molar-refractivity contribution in [2.24, 2.45) is 0 Å². The van der Waals surface area contributed by atoms with Gasteiger partial charge in [0.25, 0.3) is 0 Å². The van der Waals surface area contributed by atoms with Gasteiger partial charge in [0.05, 0.1) is 6.61 Å². The van der Waals surface area contributed by atoms with Gasteiger partial charge >= 0.3 is 0 Å². The van der Waals surface area contributed by atoms with Gasteiger partial charge in [-0.25, -0.2) is 0 Å². The monoisotopic (exact) mass is 246 g/mol. The topological polar surface area (TPSA) is 26.3 Å². The van der Waals surface area contributed by atoms with Gasteiger partial charge in [0.15, 0.2) is 5.78 Å². The molecule has 0 fully saturated rings. The van der Waals surface area contributed by atoms with Crippen molar-refractivity contribution in [1.29, 1.82) is 0 Å². The van der Waals surface area contributed by atoms with E-state index in [0.29, 0.717) is 13.0 Å². The summed E-state index contributed by atoms with van der Waals surface area (Å²) < 4.78 is 5.52. The minimum Gasteiger partial charge on any atom is -0.494 e. The number of ketones is 1. The Balaban J connectivity index is 1.69. The van der Waals surface area contributed by atoms with Crippen LogP contribution < -0.4 is 4.74 Å². The zero-order valence-electron chi connectivity index (χ0n) is 9.46. The summed E-state index contributed by atoms with van der Waals surface area (Å²) in [5.74, 6) is 1.05. The molecular formula is C14H14O2S. The lowest BCUT2D eigenvalue weighted by Crippen LogP contribution is -2.02. The van der Waals surface area contributed by atoms with Gasteiger partial charge < -0.3 is 4.74 Å². The van der Waals surface area contributed by atoms with E-state index in [9.17, 15) is 4.79 Å².